The minimum absolute atomic E-state index is 0.0128. The summed E-state index contributed by atoms with van der Waals surface area (Å²) in [5.74, 6) is -0.489. The molecule has 0 heterocycles. The zero-order valence-electron chi connectivity index (χ0n) is 11.6. The number of carbonyl (C=O) groups is 1. The summed E-state index contributed by atoms with van der Waals surface area (Å²) < 4.78 is 38.6. The van der Waals surface area contributed by atoms with Crippen LogP contribution in [0.15, 0.2) is 18.2 Å². The molecule has 2 N–H and O–H groups in total. The van der Waals surface area contributed by atoms with Crippen LogP contribution in [0, 0.1) is 0 Å². The van der Waals surface area contributed by atoms with Crippen molar-refractivity contribution in [2.75, 3.05) is 18.9 Å². The number of unbranched alkanes of at least 4 members (excludes halogenated alkanes) is 2. The highest BCUT2D eigenvalue weighted by Gasteiger charge is 2.34. The van der Waals surface area contributed by atoms with Crippen molar-refractivity contribution in [3.63, 3.8) is 0 Å². The van der Waals surface area contributed by atoms with Gasteiger partial charge in [-0.3, -0.25) is 4.79 Å². The molecule has 112 valence electrons. The maximum atomic E-state index is 12.9. The topological polar surface area (TPSA) is 41.1 Å². The van der Waals surface area contributed by atoms with Crippen molar-refractivity contribution >= 4 is 11.6 Å². The van der Waals surface area contributed by atoms with E-state index in [1.807, 2.05) is 6.92 Å². The van der Waals surface area contributed by atoms with Gasteiger partial charge in [0.05, 0.1) is 16.8 Å². The van der Waals surface area contributed by atoms with Gasteiger partial charge in [-0.25, -0.2) is 0 Å². The number of benzene rings is 1. The molecular formula is C14H19F3N2O. The van der Waals surface area contributed by atoms with E-state index in [-0.39, 0.29) is 11.3 Å². The molecule has 0 unspecified atom stereocenters. The van der Waals surface area contributed by atoms with Crippen molar-refractivity contribution in [3.05, 3.63) is 29.3 Å². The zero-order chi connectivity index (χ0) is 15.2. The molecule has 1 aromatic carbocycles. The van der Waals surface area contributed by atoms with Gasteiger partial charge in [0, 0.05) is 13.6 Å². The summed E-state index contributed by atoms with van der Waals surface area (Å²) in [6, 6.07) is 3.58. The van der Waals surface area contributed by atoms with Crippen LogP contribution in [0.2, 0.25) is 0 Å². The molecule has 6 heteroatoms. The quantitative estimate of drug-likeness (QED) is 0.784. The average molecular weight is 288 g/mol. The Balaban J connectivity index is 2.92. The van der Waals surface area contributed by atoms with Gasteiger partial charge < -0.3 is 10.6 Å². The predicted molar refractivity (Wildman–Crippen MR) is 72.8 cm³/mol. The number of hydrogen-bond acceptors (Lipinski definition) is 2. The van der Waals surface area contributed by atoms with E-state index >= 15 is 0 Å². The van der Waals surface area contributed by atoms with Crippen molar-refractivity contribution in [2.45, 2.75) is 32.4 Å². The van der Waals surface area contributed by atoms with Crippen LogP contribution < -0.4 is 10.6 Å². The molecule has 0 aliphatic heterocycles. The normalized spacial score (nSPS) is 11.2. The first-order chi connectivity index (χ1) is 9.41. The van der Waals surface area contributed by atoms with E-state index in [2.05, 4.69) is 10.6 Å². The fourth-order valence-corrected chi connectivity index (χ4v) is 1.92. The second kappa shape index (κ2) is 7.17. The third-order valence-electron chi connectivity index (χ3n) is 2.93. The zero-order valence-corrected chi connectivity index (χ0v) is 11.6. The van der Waals surface area contributed by atoms with Crippen molar-refractivity contribution in [2.24, 2.45) is 0 Å². The third kappa shape index (κ3) is 4.15. The molecule has 3 nitrogen and oxygen atoms in total. The first kappa shape index (κ1) is 16.3. The molecule has 0 aliphatic rings. The number of halogens is 3. The second-order valence-corrected chi connectivity index (χ2v) is 4.44. The summed E-state index contributed by atoms with van der Waals surface area (Å²) in [4.78, 5) is 11.9. The van der Waals surface area contributed by atoms with Crippen LogP contribution in [0.25, 0.3) is 0 Å². The molecule has 0 atom stereocenters. The van der Waals surface area contributed by atoms with E-state index in [0.717, 1.165) is 25.3 Å². The van der Waals surface area contributed by atoms with Gasteiger partial charge in [0.25, 0.3) is 5.91 Å². The molecule has 0 aromatic heterocycles. The SMILES string of the molecule is CCCCCNC(=O)c1cccc(C(F)(F)F)c1NC. The third-order valence-corrected chi connectivity index (χ3v) is 2.93. The molecule has 20 heavy (non-hydrogen) atoms. The lowest BCUT2D eigenvalue weighted by Gasteiger charge is -2.16. The van der Waals surface area contributed by atoms with Crippen LogP contribution in [-0.2, 0) is 6.18 Å². The largest absolute Gasteiger partial charge is 0.418 e. The summed E-state index contributed by atoms with van der Waals surface area (Å²) in [6.07, 6.45) is -1.68. The van der Waals surface area contributed by atoms with E-state index in [1.54, 1.807) is 0 Å². The van der Waals surface area contributed by atoms with Crippen LogP contribution in [-0.4, -0.2) is 19.5 Å². The van der Waals surface area contributed by atoms with Gasteiger partial charge in [-0.1, -0.05) is 25.8 Å². The van der Waals surface area contributed by atoms with Crippen LogP contribution in [0.5, 0.6) is 0 Å². The van der Waals surface area contributed by atoms with E-state index in [4.69, 9.17) is 0 Å². The monoisotopic (exact) mass is 288 g/mol. The van der Waals surface area contributed by atoms with Crippen molar-refractivity contribution < 1.29 is 18.0 Å². The fourth-order valence-electron chi connectivity index (χ4n) is 1.92. The molecule has 0 radical (unpaired) electrons. The van der Waals surface area contributed by atoms with E-state index in [9.17, 15) is 18.0 Å². The fraction of sp³-hybridized carbons (Fsp3) is 0.500. The Morgan fingerprint density at radius 2 is 1.95 bits per heavy atom. The lowest BCUT2D eigenvalue weighted by atomic mass is 10.1. The molecule has 1 aromatic rings. The predicted octanol–water partition coefficient (Wildman–Crippen LogP) is 3.67. The standard InChI is InChI=1S/C14H19F3N2O/c1-3-4-5-9-19-13(20)10-7-6-8-11(12(10)18-2)14(15,16)17/h6-8,18H,3-5,9H2,1-2H3,(H,19,20). The van der Waals surface area contributed by atoms with Gasteiger partial charge in [-0.15, -0.1) is 0 Å². The van der Waals surface area contributed by atoms with Crippen LogP contribution >= 0.6 is 0 Å². The first-order valence-corrected chi connectivity index (χ1v) is 6.58. The number of carbonyl (C=O) groups excluding carboxylic acids is 1. The van der Waals surface area contributed by atoms with Crippen molar-refractivity contribution in [1.29, 1.82) is 0 Å². The van der Waals surface area contributed by atoms with E-state index in [0.29, 0.717) is 6.54 Å². The summed E-state index contributed by atoms with van der Waals surface area (Å²) in [5.41, 5.74) is -1.01. The van der Waals surface area contributed by atoms with E-state index < -0.39 is 17.6 Å². The minimum atomic E-state index is -4.49. The second-order valence-electron chi connectivity index (χ2n) is 4.44. The Morgan fingerprint density at radius 3 is 2.50 bits per heavy atom. The van der Waals surface area contributed by atoms with E-state index in [1.165, 1.54) is 19.2 Å². The molecule has 0 aliphatic carbocycles. The first-order valence-electron chi connectivity index (χ1n) is 6.58. The van der Waals surface area contributed by atoms with Gasteiger partial charge in [-0.05, 0) is 18.6 Å². The van der Waals surface area contributed by atoms with Crippen molar-refractivity contribution in [1.82, 2.24) is 5.32 Å². The summed E-state index contributed by atoms with van der Waals surface area (Å²) in [6.45, 7) is 2.50. The number of alkyl halides is 3. The highest BCUT2D eigenvalue weighted by Crippen LogP contribution is 2.36. The van der Waals surface area contributed by atoms with Gasteiger partial charge in [0.1, 0.15) is 0 Å². The number of anilines is 1. The number of para-hydroxylation sites is 1. The summed E-state index contributed by atoms with van der Waals surface area (Å²) in [7, 11) is 1.37. The Labute approximate surface area is 116 Å². The smallest absolute Gasteiger partial charge is 0.387 e. The molecule has 0 saturated heterocycles. The highest BCUT2D eigenvalue weighted by molar-refractivity contribution is 6.00. The number of rotatable bonds is 6. The Morgan fingerprint density at radius 1 is 1.25 bits per heavy atom. The Bertz CT molecular complexity index is 458. The highest BCUT2D eigenvalue weighted by atomic mass is 19.4. The molecule has 0 spiro atoms. The molecule has 0 fully saturated rings. The lowest BCUT2D eigenvalue weighted by Crippen LogP contribution is -2.26. The molecule has 0 saturated carbocycles. The lowest BCUT2D eigenvalue weighted by molar-refractivity contribution is -0.136. The maximum absolute atomic E-state index is 12.9. The minimum Gasteiger partial charge on any atom is -0.387 e. The van der Waals surface area contributed by atoms with Gasteiger partial charge in [-0.2, -0.15) is 13.2 Å². The van der Waals surface area contributed by atoms with Crippen LogP contribution in [0.4, 0.5) is 18.9 Å². The average Bonchev–Trinajstić information content (AvgIpc) is 2.41. The molecule has 0 bridgehead atoms. The summed E-state index contributed by atoms with van der Waals surface area (Å²) >= 11 is 0. The number of hydrogen-bond donors (Lipinski definition) is 2. The molecule has 1 rings (SSSR count). The number of amides is 1. The van der Waals surface area contributed by atoms with Crippen LogP contribution in [0.3, 0.4) is 0 Å². The van der Waals surface area contributed by atoms with Crippen molar-refractivity contribution in [3.8, 4) is 0 Å². The molecular weight excluding hydrogens is 269 g/mol. The Hall–Kier alpha value is -1.72. The Kier molecular flexibility index (Phi) is 5.85. The number of nitrogens with one attached hydrogen (secondary N) is 2. The molecule has 1 amide bonds. The summed E-state index contributed by atoms with van der Waals surface area (Å²) in [5, 5.41) is 5.11. The van der Waals surface area contributed by atoms with Gasteiger partial charge >= 0.3 is 6.18 Å². The van der Waals surface area contributed by atoms with Crippen LogP contribution in [0.1, 0.15) is 42.1 Å². The van der Waals surface area contributed by atoms with Gasteiger partial charge in [0.2, 0.25) is 0 Å². The van der Waals surface area contributed by atoms with Gasteiger partial charge in [0.15, 0.2) is 0 Å². The maximum Gasteiger partial charge on any atom is 0.418 e.